The Labute approximate surface area is 225 Å². The summed E-state index contributed by atoms with van der Waals surface area (Å²) in [7, 11) is 0. The van der Waals surface area contributed by atoms with Gasteiger partial charge in [0, 0.05) is 36.2 Å². The lowest BCUT2D eigenvalue weighted by molar-refractivity contribution is -0.128. The van der Waals surface area contributed by atoms with Crippen molar-refractivity contribution < 1.29 is 9.59 Å². The van der Waals surface area contributed by atoms with Crippen molar-refractivity contribution in [1.29, 1.82) is 10.5 Å². The number of amides is 2. The zero-order valence-electron chi connectivity index (χ0n) is 22.4. The first-order valence-corrected chi connectivity index (χ1v) is 13.4. The molecule has 1 saturated carbocycles. The lowest BCUT2D eigenvalue weighted by atomic mass is 9.87. The molecule has 198 valence electrons. The summed E-state index contributed by atoms with van der Waals surface area (Å²) < 4.78 is 0. The molecule has 0 spiro atoms. The van der Waals surface area contributed by atoms with Crippen LogP contribution in [0, 0.1) is 28.7 Å². The molecule has 1 aliphatic carbocycles. The van der Waals surface area contributed by atoms with Crippen LogP contribution in [-0.2, 0) is 15.0 Å². The number of likely N-dealkylation sites (tertiary alicyclic amines) is 1. The van der Waals surface area contributed by atoms with E-state index in [4.69, 9.17) is 0 Å². The molecule has 3 atom stereocenters. The smallest absolute Gasteiger partial charge is 0.251 e. The SMILES string of the molecule is CC(C)(C)c1ccc(N(C(=O)C2CC(C#N)CN2C#N)C(C(=O)NC2CCCCC2)c2cccnc2)cc1. The summed E-state index contributed by atoms with van der Waals surface area (Å²) in [5, 5.41) is 22.5. The second kappa shape index (κ2) is 11.6. The van der Waals surface area contributed by atoms with Crippen molar-refractivity contribution in [2.45, 2.75) is 82.8 Å². The monoisotopic (exact) mass is 512 g/mol. The first-order chi connectivity index (χ1) is 18.2. The average molecular weight is 513 g/mol. The van der Waals surface area contributed by atoms with Crippen LogP contribution in [0.4, 0.5) is 5.69 Å². The van der Waals surface area contributed by atoms with Crippen LogP contribution in [0.5, 0.6) is 0 Å². The highest BCUT2D eigenvalue weighted by atomic mass is 16.2. The predicted octanol–water partition coefficient (Wildman–Crippen LogP) is 4.60. The fraction of sp³-hybridized carbons (Fsp3) is 0.500. The zero-order valence-corrected chi connectivity index (χ0v) is 22.4. The van der Waals surface area contributed by atoms with Gasteiger partial charge in [0.25, 0.3) is 5.91 Å². The Morgan fingerprint density at radius 3 is 2.39 bits per heavy atom. The molecule has 1 N–H and O–H groups in total. The maximum atomic E-state index is 14.3. The third kappa shape index (κ3) is 5.97. The highest BCUT2D eigenvalue weighted by Gasteiger charge is 2.43. The zero-order chi connectivity index (χ0) is 27.3. The van der Waals surface area contributed by atoms with Crippen molar-refractivity contribution in [3.05, 3.63) is 59.9 Å². The fourth-order valence-corrected chi connectivity index (χ4v) is 5.44. The van der Waals surface area contributed by atoms with Gasteiger partial charge >= 0.3 is 0 Å². The summed E-state index contributed by atoms with van der Waals surface area (Å²) >= 11 is 0. The summed E-state index contributed by atoms with van der Waals surface area (Å²) in [5.74, 6) is -1.07. The average Bonchev–Trinajstić information content (AvgIpc) is 3.36. The van der Waals surface area contributed by atoms with E-state index >= 15 is 0 Å². The van der Waals surface area contributed by atoms with Crippen LogP contribution in [0.15, 0.2) is 48.8 Å². The number of nitrogens with zero attached hydrogens (tertiary/aromatic N) is 5. The second-order valence-electron chi connectivity index (χ2n) is 11.4. The van der Waals surface area contributed by atoms with Crippen LogP contribution in [0.2, 0.25) is 0 Å². The van der Waals surface area contributed by atoms with Gasteiger partial charge in [-0.3, -0.25) is 24.4 Å². The van der Waals surface area contributed by atoms with E-state index in [-0.39, 0.29) is 36.2 Å². The molecule has 8 heteroatoms. The van der Waals surface area contributed by atoms with E-state index in [1.807, 2.05) is 24.3 Å². The number of pyridine rings is 1. The van der Waals surface area contributed by atoms with Crippen molar-refractivity contribution in [3.8, 4) is 12.3 Å². The lowest BCUT2D eigenvalue weighted by Crippen LogP contribution is -2.51. The number of benzene rings is 1. The van der Waals surface area contributed by atoms with E-state index in [0.29, 0.717) is 11.3 Å². The van der Waals surface area contributed by atoms with Crippen LogP contribution >= 0.6 is 0 Å². The van der Waals surface area contributed by atoms with Crippen molar-refractivity contribution >= 4 is 17.5 Å². The number of rotatable bonds is 6. The Morgan fingerprint density at radius 2 is 1.82 bits per heavy atom. The molecule has 2 heterocycles. The Balaban J connectivity index is 1.79. The predicted molar refractivity (Wildman–Crippen MR) is 144 cm³/mol. The van der Waals surface area contributed by atoms with Gasteiger partial charge in [-0.1, -0.05) is 58.2 Å². The second-order valence-corrected chi connectivity index (χ2v) is 11.4. The molecule has 0 radical (unpaired) electrons. The maximum absolute atomic E-state index is 14.3. The van der Waals surface area contributed by atoms with Crippen molar-refractivity contribution in [1.82, 2.24) is 15.2 Å². The molecule has 8 nitrogen and oxygen atoms in total. The summed E-state index contributed by atoms with van der Waals surface area (Å²) in [6.45, 7) is 6.55. The van der Waals surface area contributed by atoms with E-state index < -0.39 is 18.0 Å². The van der Waals surface area contributed by atoms with E-state index in [2.05, 4.69) is 43.3 Å². The Morgan fingerprint density at radius 1 is 1.11 bits per heavy atom. The molecule has 0 bridgehead atoms. The summed E-state index contributed by atoms with van der Waals surface area (Å²) in [5.41, 5.74) is 2.17. The third-order valence-corrected chi connectivity index (χ3v) is 7.60. The van der Waals surface area contributed by atoms with Gasteiger partial charge in [-0.25, -0.2) is 0 Å². The Kier molecular flexibility index (Phi) is 8.32. The van der Waals surface area contributed by atoms with Gasteiger partial charge in [-0.05, 0) is 48.4 Å². The van der Waals surface area contributed by atoms with E-state index in [1.165, 1.54) is 9.80 Å². The third-order valence-electron chi connectivity index (χ3n) is 7.60. The minimum absolute atomic E-state index is 0.0562. The van der Waals surface area contributed by atoms with Crippen LogP contribution in [-0.4, -0.2) is 40.3 Å². The fourth-order valence-electron chi connectivity index (χ4n) is 5.44. The summed E-state index contributed by atoms with van der Waals surface area (Å²) in [6, 6.07) is 11.7. The molecule has 2 aliphatic rings. The van der Waals surface area contributed by atoms with Gasteiger partial charge < -0.3 is 5.32 Å². The van der Waals surface area contributed by atoms with Crippen LogP contribution in [0.25, 0.3) is 0 Å². The van der Waals surface area contributed by atoms with E-state index in [0.717, 1.165) is 37.7 Å². The molecule has 4 rings (SSSR count). The largest absolute Gasteiger partial charge is 0.351 e. The van der Waals surface area contributed by atoms with Crippen LogP contribution < -0.4 is 10.2 Å². The molecule has 1 aliphatic heterocycles. The number of hydrogen-bond acceptors (Lipinski definition) is 6. The number of anilines is 1. The van der Waals surface area contributed by atoms with E-state index in [1.54, 1.807) is 24.5 Å². The Bertz CT molecular complexity index is 1200. The van der Waals surface area contributed by atoms with Gasteiger partial charge in [0.05, 0.1) is 12.0 Å². The number of hydrogen-bond donors (Lipinski definition) is 1. The molecule has 1 aromatic carbocycles. The van der Waals surface area contributed by atoms with Crippen molar-refractivity contribution in [2.75, 3.05) is 11.4 Å². The van der Waals surface area contributed by atoms with Gasteiger partial charge in [0.2, 0.25) is 5.91 Å². The minimum Gasteiger partial charge on any atom is -0.351 e. The molecular formula is C30H36N6O2. The number of aromatic nitrogens is 1. The first kappa shape index (κ1) is 27.1. The number of nitrogens with one attached hydrogen (secondary N) is 1. The van der Waals surface area contributed by atoms with Gasteiger partial charge in [0.15, 0.2) is 6.19 Å². The standard InChI is InChI=1S/C30H36N6O2/c1-30(2,3)23-11-13-25(14-12-23)36(29(38)26-16-21(17-31)19-35(26)20-32)27(22-8-7-15-33-18-22)28(37)34-24-9-5-4-6-10-24/h7-8,11-15,18,21,24,26-27H,4-6,9-10,16,19H2,1-3H3,(H,34,37). The number of nitriles is 2. The molecule has 38 heavy (non-hydrogen) atoms. The normalized spacial score (nSPS) is 20.7. The highest BCUT2D eigenvalue weighted by molar-refractivity contribution is 6.04. The lowest BCUT2D eigenvalue weighted by Gasteiger charge is -2.35. The molecule has 2 aromatic rings. The topological polar surface area (TPSA) is 113 Å². The Hall–Kier alpha value is -3.91. The van der Waals surface area contributed by atoms with Crippen LogP contribution in [0.3, 0.4) is 0 Å². The number of carbonyl (C=O) groups is 2. The molecule has 2 amide bonds. The van der Waals surface area contributed by atoms with Crippen molar-refractivity contribution in [2.24, 2.45) is 5.92 Å². The molecule has 2 fully saturated rings. The number of carbonyl (C=O) groups excluding carboxylic acids is 2. The molecule has 1 saturated heterocycles. The van der Waals surface area contributed by atoms with Crippen LogP contribution in [0.1, 0.15) is 76.5 Å². The maximum Gasteiger partial charge on any atom is 0.251 e. The molecule has 3 unspecified atom stereocenters. The first-order valence-electron chi connectivity index (χ1n) is 13.4. The van der Waals surface area contributed by atoms with E-state index in [9.17, 15) is 20.1 Å². The highest BCUT2D eigenvalue weighted by Crippen LogP contribution is 2.34. The summed E-state index contributed by atoms with van der Waals surface area (Å²) in [6.07, 6.45) is 10.7. The quantitative estimate of drug-likeness (QED) is 0.566. The van der Waals surface area contributed by atoms with Gasteiger partial charge in [-0.15, -0.1) is 0 Å². The molecule has 1 aromatic heterocycles. The van der Waals surface area contributed by atoms with Gasteiger partial charge in [0.1, 0.15) is 12.1 Å². The minimum atomic E-state index is -0.972. The van der Waals surface area contributed by atoms with Gasteiger partial charge in [-0.2, -0.15) is 10.5 Å². The van der Waals surface area contributed by atoms with Crippen molar-refractivity contribution in [3.63, 3.8) is 0 Å². The summed E-state index contributed by atoms with van der Waals surface area (Å²) in [4.78, 5) is 35.4. The molecular weight excluding hydrogens is 476 g/mol.